The maximum absolute atomic E-state index is 12.5. The number of halogens is 1. The number of aromatic hydroxyl groups is 1. The molecular weight excluding hydrogens is 422 g/mol. The van der Waals surface area contributed by atoms with E-state index in [0.29, 0.717) is 53.8 Å². The Kier molecular flexibility index (Phi) is 7.02. The third kappa shape index (κ3) is 5.46. The van der Waals surface area contributed by atoms with Gasteiger partial charge in [-0.2, -0.15) is 0 Å². The molecule has 9 heteroatoms. The van der Waals surface area contributed by atoms with E-state index >= 15 is 0 Å². The standard InChI is InChI=1S/C22H24ClN3O5/c1-25-19-12-15(6-8-18(19)24-21(25)29)20(28)4-2-3-10-26(22(30)31)11-9-14-5-7-16(27)13-17(14)23/h5-8,12-13,27H,2-4,9-11H2,1H3,(H,24,29)(H,30,31). The lowest BCUT2D eigenvalue weighted by Crippen LogP contribution is -2.32. The van der Waals surface area contributed by atoms with E-state index in [1.165, 1.54) is 21.6 Å². The molecule has 0 aliphatic heterocycles. The number of phenolic OH excluding ortho intramolecular Hbond substituents is 1. The molecule has 8 nitrogen and oxygen atoms in total. The first-order chi connectivity index (χ1) is 14.8. The molecule has 0 bridgehead atoms. The van der Waals surface area contributed by atoms with Crippen LogP contribution in [0.5, 0.6) is 5.75 Å². The molecule has 3 aromatic rings. The molecule has 0 spiro atoms. The maximum Gasteiger partial charge on any atom is 0.407 e. The average molecular weight is 446 g/mol. The summed E-state index contributed by atoms with van der Waals surface area (Å²) in [5.41, 5.74) is 2.40. The number of carbonyl (C=O) groups is 2. The zero-order chi connectivity index (χ0) is 22.5. The minimum atomic E-state index is -1.03. The summed E-state index contributed by atoms with van der Waals surface area (Å²) in [5.74, 6) is 0.0136. The number of unbranched alkanes of at least 4 members (excludes halogenated alkanes) is 1. The second-order valence-corrected chi connectivity index (χ2v) is 7.80. The number of rotatable bonds is 9. The molecule has 0 atom stereocenters. The zero-order valence-electron chi connectivity index (χ0n) is 17.1. The Balaban J connectivity index is 1.50. The summed E-state index contributed by atoms with van der Waals surface area (Å²) in [6.07, 6.45) is 0.792. The fourth-order valence-corrected chi connectivity index (χ4v) is 3.70. The van der Waals surface area contributed by atoms with E-state index in [4.69, 9.17) is 11.6 Å². The van der Waals surface area contributed by atoms with Gasteiger partial charge < -0.3 is 20.1 Å². The van der Waals surface area contributed by atoms with Gasteiger partial charge in [-0.25, -0.2) is 9.59 Å². The number of hydrogen-bond acceptors (Lipinski definition) is 4. The summed E-state index contributed by atoms with van der Waals surface area (Å²) < 4.78 is 1.46. The van der Waals surface area contributed by atoms with E-state index in [1.54, 1.807) is 31.3 Å². The van der Waals surface area contributed by atoms with Crippen molar-refractivity contribution in [1.29, 1.82) is 0 Å². The van der Waals surface area contributed by atoms with Crippen LogP contribution in [0.4, 0.5) is 4.79 Å². The molecule has 2 aromatic carbocycles. The van der Waals surface area contributed by atoms with Crippen molar-refractivity contribution in [2.24, 2.45) is 7.05 Å². The number of imidazole rings is 1. The number of aryl methyl sites for hydroxylation is 1. The van der Waals surface area contributed by atoms with E-state index in [2.05, 4.69) is 4.98 Å². The van der Waals surface area contributed by atoms with Gasteiger partial charge in [0.25, 0.3) is 0 Å². The van der Waals surface area contributed by atoms with Crippen molar-refractivity contribution in [2.45, 2.75) is 25.7 Å². The second-order valence-electron chi connectivity index (χ2n) is 7.40. The summed E-state index contributed by atoms with van der Waals surface area (Å²) in [6, 6.07) is 9.71. The third-order valence-electron chi connectivity index (χ3n) is 5.27. The van der Waals surface area contributed by atoms with Crippen LogP contribution in [0.2, 0.25) is 5.02 Å². The minimum Gasteiger partial charge on any atom is -0.508 e. The first-order valence-corrected chi connectivity index (χ1v) is 10.3. The number of amides is 1. The molecule has 1 aromatic heterocycles. The lowest BCUT2D eigenvalue weighted by atomic mass is 10.0. The molecule has 3 N–H and O–H groups in total. The summed E-state index contributed by atoms with van der Waals surface area (Å²) >= 11 is 6.08. The second kappa shape index (κ2) is 9.70. The van der Waals surface area contributed by atoms with Crippen molar-refractivity contribution < 1.29 is 19.8 Å². The minimum absolute atomic E-state index is 0.0479. The van der Waals surface area contributed by atoms with Crippen LogP contribution in [0, 0.1) is 0 Å². The number of ketones is 1. The number of fused-ring (bicyclic) bond motifs is 1. The fraction of sp³-hybridized carbons (Fsp3) is 0.318. The number of aromatic amines is 1. The first-order valence-electron chi connectivity index (χ1n) is 9.93. The largest absolute Gasteiger partial charge is 0.508 e. The van der Waals surface area contributed by atoms with Gasteiger partial charge in [0, 0.05) is 37.1 Å². The molecule has 0 radical (unpaired) electrons. The van der Waals surface area contributed by atoms with Crippen LogP contribution in [0.15, 0.2) is 41.2 Å². The van der Waals surface area contributed by atoms with E-state index in [9.17, 15) is 24.6 Å². The van der Waals surface area contributed by atoms with E-state index in [1.807, 2.05) is 0 Å². The van der Waals surface area contributed by atoms with Gasteiger partial charge in [-0.15, -0.1) is 0 Å². The molecule has 31 heavy (non-hydrogen) atoms. The zero-order valence-corrected chi connectivity index (χ0v) is 17.9. The monoisotopic (exact) mass is 445 g/mol. The molecule has 0 fully saturated rings. The Morgan fingerprint density at radius 1 is 1.13 bits per heavy atom. The van der Waals surface area contributed by atoms with E-state index in [-0.39, 0.29) is 23.8 Å². The SMILES string of the molecule is Cn1c(=O)[nH]c2ccc(C(=O)CCCCN(CCc3ccc(O)cc3Cl)C(=O)O)cc21. The summed E-state index contributed by atoms with van der Waals surface area (Å²) in [5, 5.41) is 19.2. The number of nitrogens with zero attached hydrogens (tertiary/aromatic N) is 2. The summed E-state index contributed by atoms with van der Waals surface area (Å²) in [7, 11) is 1.64. The highest BCUT2D eigenvalue weighted by molar-refractivity contribution is 6.31. The number of Topliss-reactive ketones (excluding diaryl/α,β-unsaturated/α-hetero) is 1. The van der Waals surface area contributed by atoms with Crippen molar-refractivity contribution in [3.05, 3.63) is 63.0 Å². The molecule has 0 saturated heterocycles. The van der Waals surface area contributed by atoms with E-state index < -0.39 is 6.09 Å². The van der Waals surface area contributed by atoms with Gasteiger partial charge in [-0.3, -0.25) is 9.36 Å². The fourth-order valence-electron chi connectivity index (χ4n) is 3.43. The van der Waals surface area contributed by atoms with Gasteiger partial charge in [-0.05, 0) is 55.2 Å². The molecule has 3 rings (SSSR count). The van der Waals surface area contributed by atoms with Gasteiger partial charge in [0.05, 0.1) is 11.0 Å². The Morgan fingerprint density at radius 3 is 2.61 bits per heavy atom. The van der Waals surface area contributed by atoms with Crippen molar-refractivity contribution in [3.8, 4) is 5.75 Å². The van der Waals surface area contributed by atoms with Gasteiger partial charge in [-0.1, -0.05) is 17.7 Å². The Labute approximate surface area is 183 Å². The van der Waals surface area contributed by atoms with Crippen LogP contribution in [-0.4, -0.2) is 49.6 Å². The van der Waals surface area contributed by atoms with Crippen molar-refractivity contribution in [1.82, 2.24) is 14.5 Å². The Hall–Kier alpha value is -3.26. The van der Waals surface area contributed by atoms with Crippen molar-refractivity contribution >= 4 is 34.5 Å². The van der Waals surface area contributed by atoms with Crippen LogP contribution < -0.4 is 5.69 Å². The smallest absolute Gasteiger partial charge is 0.407 e. The summed E-state index contributed by atoms with van der Waals surface area (Å²) in [4.78, 5) is 39.7. The summed E-state index contributed by atoms with van der Waals surface area (Å²) in [6.45, 7) is 0.579. The number of H-pyrrole nitrogens is 1. The molecular formula is C22H24ClN3O5. The van der Waals surface area contributed by atoms with Crippen molar-refractivity contribution in [3.63, 3.8) is 0 Å². The number of hydrogen-bond donors (Lipinski definition) is 3. The molecule has 1 amide bonds. The van der Waals surface area contributed by atoms with Crippen molar-refractivity contribution in [2.75, 3.05) is 13.1 Å². The normalized spacial score (nSPS) is 11.0. The van der Waals surface area contributed by atoms with Crippen LogP contribution in [-0.2, 0) is 13.5 Å². The van der Waals surface area contributed by atoms with Crippen LogP contribution in [0.25, 0.3) is 11.0 Å². The van der Waals surface area contributed by atoms with Crippen LogP contribution in [0.1, 0.15) is 35.2 Å². The van der Waals surface area contributed by atoms with Gasteiger partial charge in [0.1, 0.15) is 5.75 Å². The molecule has 164 valence electrons. The predicted molar refractivity (Wildman–Crippen MR) is 118 cm³/mol. The third-order valence-corrected chi connectivity index (χ3v) is 5.62. The highest BCUT2D eigenvalue weighted by Gasteiger charge is 2.14. The number of phenols is 1. The Morgan fingerprint density at radius 2 is 1.90 bits per heavy atom. The quantitative estimate of drug-likeness (QED) is 0.342. The topological polar surface area (TPSA) is 116 Å². The predicted octanol–water partition coefficient (Wildman–Crippen LogP) is 3.80. The molecule has 1 heterocycles. The number of nitrogens with one attached hydrogen (secondary N) is 1. The molecule has 0 aliphatic carbocycles. The number of carboxylic acid groups (broad SMARTS) is 1. The molecule has 0 unspecified atom stereocenters. The lowest BCUT2D eigenvalue weighted by molar-refractivity contribution is 0.0978. The molecule has 0 saturated carbocycles. The average Bonchev–Trinajstić information content (AvgIpc) is 3.01. The van der Waals surface area contributed by atoms with Crippen LogP contribution >= 0.6 is 11.6 Å². The lowest BCUT2D eigenvalue weighted by Gasteiger charge is -2.19. The number of benzene rings is 2. The van der Waals surface area contributed by atoms with Crippen LogP contribution in [0.3, 0.4) is 0 Å². The number of aromatic nitrogens is 2. The first kappa shape index (κ1) is 22.4. The van der Waals surface area contributed by atoms with E-state index in [0.717, 1.165) is 5.56 Å². The van der Waals surface area contributed by atoms with Gasteiger partial charge >= 0.3 is 11.8 Å². The maximum atomic E-state index is 12.5. The molecule has 0 aliphatic rings. The Bertz CT molecular complexity index is 1170. The highest BCUT2D eigenvalue weighted by Crippen LogP contribution is 2.22. The number of carbonyl (C=O) groups excluding carboxylic acids is 1. The van der Waals surface area contributed by atoms with Gasteiger partial charge in [0.15, 0.2) is 5.78 Å². The van der Waals surface area contributed by atoms with Gasteiger partial charge in [0.2, 0.25) is 0 Å². The highest BCUT2D eigenvalue weighted by atomic mass is 35.5.